The van der Waals surface area contributed by atoms with Crippen molar-refractivity contribution >= 4 is 11.7 Å². The molecule has 0 radical (unpaired) electrons. The van der Waals surface area contributed by atoms with Crippen LogP contribution in [0.1, 0.15) is 22.2 Å². The van der Waals surface area contributed by atoms with Crippen LogP contribution < -0.4 is 10.1 Å². The molecule has 2 N–H and O–H groups in total. The Hall–Kier alpha value is -3.02. The number of ketones is 1. The molecule has 1 aliphatic rings. The first-order chi connectivity index (χ1) is 10.6. The largest absolute Gasteiger partial charge is 0.503 e. The van der Waals surface area contributed by atoms with E-state index in [2.05, 4.69) is 5.32 Å². The lowest BCUT2D eigenvalue weighted by atomic mass is 9.96. The molecule has 0 saturated carbocycles. The van der Waals surface area contributed by atoms with Crippen molar-refractivity contribution in [1.29, 1.82) is 0 Å². The minimum Gasteiger partial charge on any atom is -0.503 e. The van der Waals surface area contributed by atoms with E-state index in [-0.39, 0.29) is 11.3 Å². The SMILES string of the molecule is COc1cccc(C2NC(=O)C(O)=C2C(=O)c2ccco2)c1. The van der Waals surface area contributed by atoms with E-state index >= 15 is 0 Å². The number of methoxy groups -OCH3 is 1. The van der Waals surface area contributed by atoms with Gasteiger partial charge in [-0.1, -0.05) is 12.1 Å². The third-order valence-electron chi connectivity index (χ3n) is 3.45. The van der Waals surface area contributed by atoms with Crippen LogP contribution in [0.15, 0.2) is 58.4 Å². The van der Waals surface area contributed by atoms with Gasteiger partial charge < -0.3 is 19.6 Å². The predicted octanol–water partition coefficient (Wildman–Crippen LogP) is 2.15. The molecule has 2 heterocycles. The average Bonchev–Trinajstić information content (AvgIpc) is 3.16. The minimum atomic E-state index is -0.750. The second kappa shape index (κ2) is 5.40. The number of carbonyl (C=O) groups excluding carboxylic acids is 2. The summed E-state index contributed by atoms with van der Waals surface area (Å²) in [6.45, 7) is 0. The van der Waals surface area contributed by atoms with Crippen LogP contribution in [0.25, 0.3) is 0 Å². The lowest BCUT2D eigenvalue weighted by Gasteiger charge is -2.14. The molecule has 0 saturated heterocycles. The maximum Gasteiger partial charge on any atom is 0.287 e. The Morgan fingerprint density at radius 1 is 1.32 bits per heavy atom. The second-order valence-corrected chi connectivity index (χ2v) is 4.75. The molecule has 1 atom stereocenters. The molecule has 0 spiro atoms. The molecule has 1 aliphatic heterocycles. The van der Waals surface area contributed by atoms with Gasteiger partial charge in [-0.2, -0.15) is 0 Å². The van der Waals surface area contributed by atoms with E-state index in [4.69, 9.17) is 9.15 Å². The summed E-state index contributed by atoms with van der Waals surface area (Å²) in [6.07, 6.45) is 1.36. The highest BCUT2D eigenvalue weighted by atomic mass is 16.5. The van der Waals surface area contributed by atoms with Crippen molar-refractivity contribution in [2.75, 3.05) is 7.11 Å². The van der Waals surface area contributed by atoms with Crippen LogP contribution in [-0.2, 0) is 4.79 Å². The molecule has 0 aliphatic carbocycles. The summed E-state index contributed by atoms with van der Waals surface area (Å²) in [5.41, 5.74) is 0.597. The number of benzene rings is 1. The van der Waals surface area contributed by atoms with Crippen molar-refractivity contribution < 1.29 is 23.8 Å². The number of hydrogen-bond acceptors (Lipinski definition) is 5. The standard InChI is InChI=1S/C16H13NO5/c1-21-10-5-2-4-9(8-10)13-12(15(19)16(20)17-13)14(18)11-6-3-7-22-11/h2-8,13,19H,1H3,(H,17,20). The molecular weight excluding hydrogens is 286 g/mol. The molecule has 6 heteroatoms. The third-order valence-corrected chi connectivity index (χ3v) is 3.45. The minimum absolute atomic E-state index is 0.0341. The van der Waals surface area contributed by atoms with E-state index in [1.165, 1.54) is 19.4 Å². The fourth-order valence-electron chi connectivity index (χ4n) is 2.38. The summed E-state index contributed by atoms with van der Waals surface area (Å²) < 4.78 is 10.2. The van der Waals surface area contributed by atoms with Gasteiger partial charge >= 0.3 is 0 Å². The highest BCUT2D eigenvalue weighted by Crippen LogP contribution is 2.33. The van der Waals surface area contributed by atoms with E-state index < -0.39 is 23.5 Å². The Morgan fingerprint density at radius 2 is 2.14 bits per heavy atom. The summed E-state index contributed by atoms with van der Waals surface area (Å²) in [6, 6.07) is 9.22. The molecule has 6 nitrogen and oxygen atoms in total. The number of aliphatic hydroxyl groups is 1. The van der Waals surface area contributed by atoms with Crippen LogP contribution >= 0.6 is 0 Å². The number of furan rings is 1. The Balaban J connectivity index is 2.04. The van der Waals surface area contributed by atoms with Crippen LogP contribution in [0.5, 0.6) is 5.75 Å². The van der Waals surface area contributed by atoms with Gasteiger partial charge in [-0.25, -0.2) is 0 Å². The molecule has 22 heavy (non-hydrogen) atoms. The van der Waals surface area contributed by atoms with Gasteiger partial charge in [-0.15, -0.1) is 0 Å². The zero-order chi connectivity index (χ0) is 15.7. The molecule has 1 unspecified atom stereocenters. The highest BCUT2D eigenvalue weighted by Gasteiger charge is 2.38. The van der Waals surface area contributed by atoms with Gasteiger partial charge in [0.25, 0.3) is 5.91 Å². The number of hydrogen-bond donors (Lipinski definition) is 2. The number of amides is 1. The van der Waals surface area contributed by atoms with Crippen LogP contribution in [-0.4, -0.2) is 23.9 Å². The number of carbonyl (C=O) groups is 2. The first kappa shape index (κ1) is 13.9. The fourth-order valence-corrected chi connectivity index (χ4v) is 2.38. The van der Waals surface area contributed by atoms with Gasteiger partial charge in [-0.3, -0.25) is 9.59 Å². The Bertz CT molecular complexity index is 761. The number of nitrogens with one attached hydrogen (secondary N) is 1. The van der Waals surface area contributed by atoms with Crippen molar-refractivity contribution in [3.8, 4) is 5.75 Å². The molecule has 1 aromatic heterocycles. The first-order valence-corrected chi connectivity index (χ1v) is 6.58. The monoisotopic (exact) mass is 299 g/mol. The molecule has 1 amide bonds. The Morgan fingerprint density at radius 3 is 2.82 bits per heavy atom. The number of Topliss-reactive ketones (excluding diaryl/α,β-unsaturated/α-hetero) is 1. The van der Waals surface area contributed by atoms with Gasteiger partial charge in [0.15, 0.2) is 11.5 Å². The average molecular weight is 299 g/mol. The highest BCUT2D eigenvalue weighted by molar-refractivity contribution is 6.14. The van der Waals surface area contributed by atoms with E-state index in [9.17, 15) is 14.7 Å². The van der Waals surface area contributed by atoms with Gasteiger partial charge in [-0.05, 0) is 29.8 Å². The second-order valence-electron chi connectivity index (χ2n) is 4.75. The zero-order valence-electron chi connectivity index (χ0n) is 11.7. The van der Waals surface area contributed by atoms with Crippen molar-refractivity contribution in [2.24, 2.45) is 0 Å². The van der Waals surface area contributed by atoms with Gasteiger partial charge in [0.1, 0.15) is 5.75 Å². The van der Waals surface area contributed by atoms with Crippen molar-refractivity contribution in [2.45, 2.75) is 6.04 Å². The number of ether oxygens (including phenoxy) is 1. The molecule has 0 bridgehead atoms. The van der Waals surface area contributed by atoms with Crippen molar-refractivity contribution in [3.63, 3.8) is 0 Å². The quantitative estimate of drug-likeness (QED) is 0.844. The zero-order valence-corrected chi connectivity index (χ0v) is 11.7. The van der Waals surface area contributed by atoms with Gasteiger partial charge in [0, 0.05) is 0 Å². The maximum atomic E-state index is 12.5. The van der Waals surface area contributed by atoms with Crippen LogP contribution in [0.3, 0.4) is 0 Å². The van der Waals surface area contributed by atoms with Crippen LogP contribution in [0.2, 0.25) is 0 Å². The summed E-state index contributed by atoms with van der Waals surface area (Å²) >= 11 is 0. The summed E-state index contributed by atoms with van der Waals surface area (Å²) in [5.74, 6) is -1.17. The molecule has 112 valence electrons. The molecule has 2 aromatic rings. The fraction of sp³-hybridized carbons (Fsp3) is 0.125. The maximum absolute atomic E-state index is 12.5. The molecular formula is C16H13NO5. The topological polar surface area (TPSA) is 88.8 Å². The molecule has 0 fully saturated rings. The third kappa shape index (κ3) is 2.24. The predicted molar refractivity (Wildman–Crippen MR) is 76.6 cm³/mol. The summed E-state index contributed by atoms with van der Waals surface area (Å²) in [7, 11) is 1.52. The van der Waals surface area contributed by atoms with Gasteiger partial charge in [0.05, 0.1) is 25.0 Å². The van der Waals surface area contributed by atoms with Crippen LogP contribution in [0.4, 0.5) is 0 Å². The normalized spacial score (nSPS) is 17.5. The lowest BCUT2D eigenvalue weighted by molar-refractivity contribution is -0.119. The number of aliphatic hydroxyl groups excluding tert-OH is 1. The summed E-state index contributed by atoms with van der Waals surface area (Å²) in [4.78, 5) is 24.2. The van der Waals surface area contributed by atoms with E-state index in [0.717, 1.165) is 0 Å². The van der Waals surface area contributed by atoms with Gasteiger partial charge in [0.2, 0.25) is 5.78 Å². The first-order valence-electron chi connectivity index (χ1n) is 6.58. The Kier molecular flexibility index (Phi) is 3.42. The smallest absolute Gasteiger partial charge is 0.287 e. The Labute approximate surface area is 126 Å². The van der Waals surface area contributed by atoms with E-state index in [1.54, 1.807) is 30.3 Å². The molecule has 1 aromatic carbocycles. The lowest BCUT2D eigenvalue weighted by Crippen LogP contribution is -2.23. The van der Waals surface area contributed by atoms with E-state index in [0.29, 0.717) is 11.3 Å². The van der Waals surface area contributed by atoms with Crippen molar-refractivity contribution in [1.82, 2.24) is 5.32 Å². The number of rotatable bonds is 4. The summed E-state index contributed by atoms with van der Waals surface area (Å²) in [5, 5.41) is 12.5. The molecule has 3 rings (SSSR count). The van der Waals surface area contributed by atoms with E-state index in [1.807, 2.05) is 0 Å². The van der Waals surface area contributed by atoms with Crippen molar-refractivity contribution in [3.05, 3.63) is 65.3 Å². The van der Waals surface area contributed by atoms with Crippen LogP contribution in [0, 0.1) is 0 Å².